The van der Waals surface area contributed by atoms with Crippen molar-refractivity contribution >= 4 is 28.8 Å². The normalized spacial score (nSPS) is 26.0. The number of fused-ring (bicyclic) bond motifs is 3. The third kappa shape index (κ3) is 2.57. The van der Waals surface area contributed by atoms with Crippen molar-refractivity contribution in [3.8, 4) is 10.7 Å². The molecule has 3 unspecified atom stereocenters. The summed E-state index contributed by atoms with van der Waals surface area (Å²) in [5, 5.41) is 8.10. The molecule has 3 atom stereocenters. The van der Waals surface area contributed by atoms with Crippen LogP contribution in [-0.2, 0) is 12.7 Å². The quantitative estimate of drug-likeness (QED) is 0.548. The summed E-state index contributed by atoms with van der Waals surface area (Å²) in [4.78, 5) is 20.7. The molecule has 6 rings (SSSR count). The Morgan fingerprint density at radius 3 is 2.81 bits per heavy atom. The molecule has 1 saturated heterocycles. The van der Waals surface area contributed by atoms with Gasteiger partial charge < -0.3 is 9.47 Å². The van der Waals surface area contributed by atoms with Gasteiger partial charge in [0.25, 0.3) is 5.91 Å². The van der Waals surface area contributed by atoms with Crippen LogP contribution in [-0.4, -0.2) is 36.1 Å². The molecule has 1 saturated carbocycles. The fourth-order valence-corrected chi connectivity index (χ4v) is 6.31. The van der Waals surface area contributed by atoms with E-state index in [4.69, 9.17) is 11.6 Å². The maximum atomic E-state index is 13.5. The molecule has 0 radical (unpaired) electrons. The van der Waals surface area contributed by atoms with Crippen molar-refractivity contribution in [3.63, 3.8) is 0 Å². The summed E-state index contributed by atoms with van der Waals surface area (Å²) in [5.41, 5.74) is -1.85. The summed E-state index contributed by atoms with van der Waals surface area (Å²) in [5.74, 6) is 1.24. The van der Waals surface area contributed by atoms with Gasteiger partial charge in [0.1, 0.15) is 0 Å². The Bertz CT molecular complexity index is 1250. The molecule has 6 nitrogen and oxygen atoms in total. The van der Waals surface area contributed by atoms with Crippen molar-refractivity contribution in [2.75, 3.05) is 0 Å². The number of alkyl halides is 3. The highest BCUT2D eigenvalue weighted by atomic mass is 35.5. The maximum Gasteiger partial charge on any atom is 0.434 e. The lowest BCUT2D eigenvalue weighted by atomic mass is 10.1. The second-order valence-corrected chi connectivity index (χ2v) is 9.99. The van der Waals surface area contributed by atoms with Crippen molar-refractivity contribution in [1.82, 2.24) is 24.6 Å². The van der Waals surface area contributed by atoms with Crippen LogP contribution in [0.4, 0.5) is 13.2 Å². The van der Waals surface area contributed by atoms with E-state index in [1.165, 1.54) is 6.07 Å². The monoisotopic (exact) mass is 465 g/mol. The van der Waals surface area contributed by atoms with Crippen molar-refractivity contribution in [3.05, 3.63) is 51.4 Å². The van der Waals surface area contributed by atoms with Crippen LogP contribution in [0.2, 0.25) is 5.02 Å². The minimum absolute atomic E-state index is 0.178. The van der Waals surface area contributed by atoms with Crippen molar-refractivity contribution < 1.29 is 18.0 Å². The molecule has 11 heteroatoms. The minimum atomic E-state index is -4.73. The molecule has 2 aliphatic heterocycles. The fourth-order valence-electron chi connectivity index (χ4n) is 5.15. The largest absolute Gasteiger partial charge is 0.434 e. The van der Waals surface area contributed by atoms with Crippen LogP contribution in [0.15, 0.2) is 24.4 Å². The van der Waals surface area contributed by atoms with Crippen molar-refractivity contribution in [2.24, 2.45) is 5.92 Å². The van der Waals surface area contributed by atoms with E-state index in [0.717, 1.165) is 34.6 Å². The lowest BCUT2D eigenvalue weighted by molar-refractivity contribution is -0.141. The van der Waals surface area contributed by atoms with Gasteiger partial charge >= 0.3 is 6.18 Å². The molecule has 5 heterocycles. The Balaban J connectivity index is 1.42. The zero-order chi connectivity index (χ0) is 21.7. The third-order valence-electron chi connectivity index (χ3n) is 6.58. The molecule has 1 spiro atoms. The smallest absolute Gasteiger partial charge is 0.321 e. The highest BCUT2D eigenvalue weighted by molar-refractivity contribution is 7.15. The van der Waals surface area contributed by atoms with Crippen LogP contribution in [0.3, 0.4) is 0 Å². The predicted molar refractivity (Wildman–Crippen MR) is 107 cm³/mol. The molecule has 3 aromatic rings. The van der Waals surface area contributed by atoms with Gasteiger partial charge in [0.2, 0.25) is 0 Å². The van der Waals surface area contributed by atoms with E-state index in [1.54, 1.807) is 16.2 Å². The lowest BCUT2D eigenvalue weighted by Gasteiger charge is -2.39. The van der Waals surface area contributed by atoms with E-state index in [-0.39, 0.29) is 11.6 Å². The van der Waals surface area contributed by atoms with Crippen LogP contribution in [0.25, 0.3) is 10.7 Å². The number of piperidine rings is 1. The molecule has 31 heavy (non-hydrogen) atoms. The highest BCUT2D eigenvalue weighted by Crippen LogP contribution is 2.66. The summed E-state index contributed by atoms with van der Waals surface area (Å²) in [6.07, 6.45) is -2.22. The Kier molecular flexibility index (Phi) is 3.77. The molecule has 1 amide bonds. The van der Waals surface area contributed by atoms with E-state index in [0.29, 0.717) is 18.3 Å². The van der Waals surface area contributed by atoms with Gasteiger partial charge in [-0.15, -0.1) is 21.5 Å². The number of carbonyl (C=O) groups is 1. The number of carbonyl (C=O) groups excluding carboxylic acids is 1. The van der Waals surface area contributed by atoms with E-state index in [9.17, 15) is 18.0 Å². The number of nitrogens with zero attached hydrogens (tertiary/aromatic N) is 5. The fraction of sp³-hybridized carbons (Fsp3) is 0.400. The van der Waals surface area contributed by atoms with Crippen molar-refractivity contribution in [2.45, 2.75) is 44.1 Å². The van der Waals surface area contributed by atoms with Gasteiger partial charge in [-0.25, -0.2) is 0 Å². The van der Waals surface area contributed by atoms with Crippen LogP contribution >= 0.6 is 22.9 Å². The number of hydrogen-bond acceptors (Lipinski definition) is 5. The molecule has 3 aromatic heterocycles. The average molecular weight is 466 g/mol. The molecule has 2 fully saturated rings. The topological polar surface area (TPSA) is 63.9 Å². The SMILES string of the molecule is Cc1ccc(-c2nnc3n2CC24CC2CC3N4C(=O)c2ccnc(C(F)(F)F)c2Cl)s1. The van der Waals surface area contributed by atoms with E-state index in [2.05, 4.69) is 19.7 Å². The molecular formula is C20H15ClF3N5OS. The number of rotatable bonds is 2. The second-order valence-electron chi connectivity index (χ2n) is 8.33. The average Bonchev–Trinajstić information content (AvgIpc) is 3.00. The molecule has 0 N–H and O–H groups in total. The molecule has 160 valence electrons. The van der Waals surface area contributed by atoms with Crippen LogP contribution < -0.4 is 0 Å². The van der Waals surface area contributed by atoms with Crippen LogP contribution in [0.1, 0.15) is 45.6 Å². The first-order valence-corrected chi connectivity index (χ1v) is 11.0. The number of amides is 1. The van der Waals surface area contributed by atoms with Gasteiger partial charge in [-0.1, -0.05) is 11.6 Å². The van der Waals surface area contributed by atoms with E-state index < -0.39 is 28.3 Å². The number of halogens is 4. The first kappa shape index (κ1) is 19.2. The number of pyridine rings is 1. The highest BCUT2D eigenvalue weighted by Gasteiger charge is 2.70. The van der Waals surface area contributed by atoms with Gasteiger partial charge in [-0.05, 0) is 43.9 Å². The molecular weight excluding hydrogens is 451 g/mol. The molecule has 1 aliphatic carbocycles. The Labute approximate surface area is 183 Å². The van der Waals surface area contributed by atoms with Crippen molar-refractivity contribution in [1.29, 1.82) is 0 Å². The number of aromatic nitrogens is 4. The Morgan fingerprint density at radius 2 is 2.10 bits per heavy atom. The Hall–Kier alpha value is -2.46. The zero-order valence-corrected chi connectivity index (χ0v) is 17.7. The van der Waals surface area contributed by atoms with Gasteiger partial charge in [0.15, 0.2) is 17.3 Å². The van der Waals surface area contributed by atoms with E-state index in [1.807, 2.05) is 19.1 Å². The van der Waals surface area contributed by atoms with Gasteiger partial charge in [0, 0.05) is 17.6 Å². The summed E-state index contributed by atoms with van der Waals surface area (Å²) < 4.78 is 41.8. The Morgan fingerprint density at radius 1 is 1.29 bits per heavy atom. The van der Waals surface area contributed by atoms with Crippen LogP contribution in [0, 0.1) is 12.8 Å². The number of hydrogen-bond donors (Lipinski definition) is 0. The van der Waals surface area contributed by atoms with Gasteiger partial charge in [0.05, 0.1) is 27.0 Å². The lowest BCUT2D eigenvalue weighted by Crippen LogP contribution is -2.48. The third-order valence-corrected chi connectivity index (χ3v) is 7.96. The minimum Gasteiger partial charge on any atom is -0.321 e. The zero-order valence-electron chi connectivity index (χ0n) is 16.1. The summed E-state index contributed by atoms with van der Waals surface area (Å²) in [7, 11) is 0. The van der Waals surface area contributed by atoms with Gasteiger partial charge in [-0.3, -0.25) is 9.78 Å². The van der Waals surface area contributed by atoms with Crippen LogP contribution in [0.5, 0.6) is 0 Å². The van der Waals surface area contributed by atoms with Gasteiger partial charge in [-0.2, -0.15) is 13.2 Å². The second kappa shape index (κ2) is 6.07. The molecule has 0 aromatic carbocycles. The summed E-state index contributed by atoms with van der Waals surface area (Å²) in [6, 6.07) is 4.96. The first-order valence-electron chi connectivity index (χ1n) is 9.76. The molecule has 2 bridgehead atoms. The standard InChI is InChI=1S/C20H15ClF3N5OS/c1-9-2-3-13(31-9)17-27-26-16-12-6-10-7-19(10,8-28(16)17)29(12)18(30)11-4-5-25-15(14(11)21)20(22,23)24/h2-5,10,12H,6-8H2,1H3. The summed E-state index contributed by atoms with van der Waals surface area (Å²) in [6.45, 7) is 2.55. The maximum absolute atomic E-state index is 13.5. The van der Waals surface area contributed by atoms with E-state index >= 15 is 0 Å². The first-order chi connectivity index (χ1) is 14.7. The number of thiophene rings is 1. The summed E-state index contributed by atoms with van der Waals surface area (Å²) >= 11 is 7.64. The number of aryl methyl sites for hydroxylation is 1. The predicted octanol–water partition coefficient (Wildman–Crippen LogP) is 4.74. The molecule has 3 aliphatic rings.